The van der Waals surface area contributed by atoms with Crippen LogP contribution in [0.15, 0.2) is 23.1 Å². The Labute approximate surface area is 88.6 Å². The summed E-state index contributed by atoms with van der Waals surface area (Å²) in [5, 5.41) is 0.0118. The summed E-state index contributed by atoms with van der Waals surface area (Å²) in [6, 6.07) is 0. The van der Waals surface area contributed by atoms with Gasteiger partial charge in [-0.25, -0.2) is 0 Å². The van der Waals surface area contributed by atoms with Gasteiger partial charge in [0.05, 0.1) is 5.25 Å². The molecule has 1 fully saturated rings. The van der Waals surface area contributed by atoms with Gasteiger partial charge in [0.15, 0.2) is 0 Å². The lowest BCUT2D eigenvalue weighted by Gasteiger charge is -2.10. The topological polar surface area (TPSA) is 43.1 Å². The van der Waals surface area contributed by atoms with Crippen LogP contribution in [0, 0.1) is 5.92 Å². The molecule has 3 heteroatoms. The normalized spacial score (nSPS) is 37.6. The van der Waals surface area contributed by atoms with E-state index in [0.29, 0.717) is 5.92 Å². The van der Waals surface area contributed by atoms with E-state index in [1.165, 1.54) is 17.7 Å². The van der Waals surface area contributed by atoms with E-state index in [4.69, 9.17) is 5.73 Å². The van der Waals surface area contributed by atoms with Crippen LogP contribution < -0.4 is 5.73 Å². The number of primary amides is 1. The smallest absolute Gasteiger partial charge is 0.230 e. The summed E-state index contributed by atoms with van der Waals surface area (Å²) >= 11 is 1.66. The number of amides is 1. The Bertz CT molecular complexity index is 296. The molecule has 0 spiro atoms. The molecule has 2 nitrogen and oxygen atoms in total. The lowest BCUT2D eigenvalue weighted by atomic mass is 9.94. The largest absolute Gasteiger partial charge is 0.369 e. The van der Waals surface area contributed by atoms with E-state index in [2.05, 4.69) is 18.2 Å². The second-order valence-electron chi connectivity index (χ2n) is 3.87. The van der Waals surface area contributed by atoms with E-state index in [0.717, 1.165) is 12.8 Å². The van der Waals surface area contributed by atoms with Crippen molar-refractivity contribution in [3.8, 4) is 0 Å². The van der Waals surface area contributed by atoms with Gasteiger partial charge in [-0.15, -0.1) is 11.8 Å². The van der Waals surface area contributed by atoms with Gasteiger partial charge in [-0.3, -0.25) is 4.79 Å². The first-order valence-electron chi connectivity index (χ1n) is 5.10. The zero-order valence-corrected chi connectivity index (χ0v) is 8.93. The highest BCUT2D eigenvalue weighted by Crippen LogP contribution is 2.44. The number of thioether (sulfide) groups is 1. The van der Waals surface area contributed by atoms with Crippen molar-refractivity contribution in [2.75, 3.05) is 0 Å². The SMILES string of the molecule is NC(=O)C1CC2CCC/C=C\C=C/2S1. The third-order valence-corrected chi connectivity index (χ3v) is 4.27. The predicted octanol–water partition coefficient (Wildman–Crippen LogP) is 2.22. The minimum Gasteiger partial charge on any atom is -0.369 e. The molecule has 2 unspecified atom stereocenters. The van der Waals surface area contributed by atoms with Crippen LogP contribution in [0.4, 0.5) is 0 Å². The third kappa shape index (κ3) is 2.03. The number of allylic oxidation sites excluding steroid dienone is 4. The molecule has 0 aromatic carbocycles. The summed E-state index contributed by atoms with van der Waals surface area (Å²) in [7, 11) is 0. The summed E-state index contributed by atoms with van der Waals surface area (Å²) < 4.78 is 0. The van der Waals surface area contributed by atoms with Gasteiger partial charge in [0.25, 0.3) is 0 Å². The van der Waals surface area contributed by atoms with Crippen molar-refractivity contribution < 1.29 is 4.79 Å². The summed E-state index contributed by atoms with van der Waals surface area (Å²) in [6.45, 7) is 0. The average Bonchev–Trinajstić information content (AvgIpc) is 2.48. The van der Waals surface area contributed by atoms with E-state index in [-0.39, 0.29) is 11.2 Å². The number of rotatable bonds is 1. The minimum atomic E-state index is -0.161. The van der Waals surface area contributed by atoms with Crippen molar-refractivity contribution in [1.29, 1.82) is 0 Å². The second kappa shape index (κ2) is 4.22. The van der Waals surface area contributed by atoms with Gasteiger partial charge in [-0.2, -0.15) is 0 Å². The Morgan fingerprint density at radius 1 is 1.57 bits per heavy atom. The number of hydrogen-bond acceptors (Lipinski definition) is 2. The molecule has 1 amide bonds. The fourth-order valence-electron chi connectivity index (χ4n) is 2.03. The fourth-order valence-corrected chi connectivity index (χ4v) is 3.37. The van der Waals surface area contributed by atoms with E-state index in [1.807, 2.05) is 0 Å². The lowest BCUT2D eigenvalue weighted by Crippen LogP contribution is -2.23. The molecule has 1 saturated heterocycles. The lowest BCUT2D eigenvalue weighted by molar-refractivity contribution is -0.117. The summed E-state index contributed by atoms with van der Waals surface area (Å²) in [5.74, 6) is 0.425. The van der Waals surface area contributed by atoms with E-state index in [9.17, 15) is 4.79 Å². The van der Waals surface area contributed by atoms with Crippen LogP contribution in [0.1, 0.15) is 25.7 Å². The molecule has 1 aliphatic heterocycles. The summed E-state index contributed by atoms with van der Waals surface area (Å²) in [5.41, 5.74) is 5.33. The van der Waals surface area contributed by atoms with Crippen molar-refractivity contribution in [3.05, 3.63) is 23.1 Å². The van der Waals surface area contributed by atoms with Crippen molar-refractivity contribution >= 4 is 17.7 Å². The van der Waals surface area contributed by atoms with Crippen LogP contribution in [0.5, 0.6) is 0 Å². The van der Waals surface area contributed by atoms with Crippen LogP contribution >= 0.6 is 11.8 Å². The first-order valence-corrected chi connectivity index (χ1v) is 5.98. The maximum atomic E-state index is 11.1. The van der Waals surface area contributed by atoms with Gasteiger partial charge in [-0.05, 0) is 36.5 Å². The number of carbonyl (C=O) groups is 1. The third-order valence-electron chi connectivity index (χ3n) is 2.82. The monoisotopic (exact) mass is 209 g/mol. The zero-order valence-electron chi connectivity index (χ0n) is 8.11. The summed E-state index contributed by atoms with van der Waals surface area (Å²) in [6.07, 6.45) is 11.0. The van der Waals surface area contributed by atoms with Gasteiger partial charge >= 0.3 is 0 Å². The molecule has 2 N–H and O–H groups in total. The van der Waals surface area contributed by atoms with Crippen LogP contribution in [0.2, 0.25) is 0 Å². The standard InChI is InChI=1S/C11H15NOS/c12-11(13)10-7-8-5-3-1-2-4-6-9(8)14-10/h2,4,6,8,10H,1,3,5,7H2,(H2,12,13)/b4-2-,9-6+. The number of nitrogens with two attached hydrogens (primary N) is 1. The Hall–Kier alpha value is -0.700. The number of fused-ring (bicyclic) bond motifs is 1. The van der Waals surface area contributed by atoms with E-state index in [1.54, 1.807) is 11.8 Å². The Morgan fingerprint density at radius 3 is 3.21 bits per heavy atom. The van der Waals surface area contributed by atoms with Crippen LogP contribution in [0.3, 0.4) is 0 Å². The first-order chi connectivity index (χ1) is 6.77. The van der Waals surface area contributed by atoms with Crippen molar-refractivity contribution in [2.24, 2.45) is 11.7 Å². The van der Waals surface area contributed by atoms with E-state index >= 15 is 0 Å². The molecular weight excluding hydrogens is 194 g/mol. The molecule has 0 aromatic heterocycles. The first kappa shape index (κ1) is 9.84. The second-order valence-corrected chi connectivity index (χ2v) is 5.15. The van der Waals surface area contributed by atoms with Crippen LogP contribution in [0.25, 0.3) is 0 Å². The number of carbonyl (C=O) groups excluding carboxylic acids is 1. The van der Waals surface area contributed by atoms with Gasteiger partial charge in [0.2, 0.25) is 5.91 Å². The molecular formula is C11H15NOS. The van der Waals surface area contributed by atoms with E-state index < -0.39 is 0 Å². The summed E-state index contributed by atoms with van der Waals surface area (Å²) in [4.78, 5) is 12.4. The molecule has 1 aliphatic carbocycles. The highest BCUT2D eigenvalue weighted by Gasteiger charge is 2.32. The molecule has 14 heavy (non-hydrogen) atoms. The van der Waals surface area contributed by atoms with Crippen LogP contribution in [-0.2, 0) is 4.79 Å². The van der Waals surface area contributed by atoms with Gasteiger partial charge in [0.1, 0.15) is 0 Å². The molecule has 2 rings (SSSR count). The molecule has 0 aromatic rings. The molecule has 76 valence electrons. The van der Waals surface area contributed by atoms with Crippen molar-refractivity contribution in [1.82, 2.24) is 0 Å². The van der Waals surface area contributed by atoms with Gasteiger partial charge < -0.3 is 5.73 Å². The fraction of sp³-hybridized carbons (Fsp3) is 0.545. The molecule has 2 aliphatic rings. The Morgan fingerprint density at radius 2 is 2.43 bits per heavy atom. The number of hydrogen-bond donors (Lipinski definition) is 1. The zero-order chi connectivity index (χ0) is 9.97. The Kier molecular flexibility index (Phi) is 2.96. The molecule has 2 atom stereocenters. The molecule has 0 saturated carbocycles. The maximum Gasteiger partial charge on any atom is 0.230 e. The molecule has 0 radical (unpaired) electrons. The molecule has 1 heterocycles. The predicted molar refractivity (Wildman–Crippen MR) is 59.8 cm³/mol. The highest BCUT2D eigenvalue weighted by molar-refractivity contribution is 8.04. The minimum absolute atomic E-state index is 0.0118. The van der Waals surface area contributed by atoms with Gasteiger partial charge in [0, 0.05) is 0 Å². The van der Waals surface area contributed by atoms with Crippen molar-refractivity contribution in [3.63, 3.8) is 0 Å². The average molecular weight is 209 g/mol. The van der Waals surface area contributed by atoms with Crippen molar-refractivity contribution in [2.45, 2.75) is 30.9 Å². The highest BCUT2D eigenvalue weighted by atomic mass is 32.2. The van der Waals surface area contributed by atoms with Crippen LogP contribution in [-0.4, -0.2) is 11.2 Å². The Balaban J connectivity index is 2.12. The quantitative estimate of drug-likeness (QED) is 0.719. The van der Waals surface area contributed by atoms with Gasteiger partial charge in [-0.1, -0.05) is 18.2 Å². The maximum absolute atomic E-state index is 11.1. The molecule has 0 bridgehead atoms.